The van der Waals surface area contributed by atoms with Crippen LogP contribution >= 0.6 is 0 Å². The Bertz CT molecular complexity index is 894. The Morgan fingerprint density at radius 3 is 2.65 bits per heavy atom. The van der Waals surface area contributed by atoms with Gasteiger partial charge in [-0.05, 0) is 47.4 Å². The second-order valence-electron chi connectivity index (χ2n) is 6.51. The Balaban J connectivity index is 1.43. The number of aromatic nitrogens is 1. The fourth-order valence-corrected chi connectivity index (χ4v) is 3.29. The summed E-state index contributed by atoms with van der Waals surface area (Å²) < 4.78 is 0. The highest BCUT2D eigenvalue weighted by Gasteiger charge is 2.22. The van der Waals surface area contributed by atoms with Gasteiger partial charge in [0.1, 0.15) is 5.69 Å². The molecule has 0 saturated heterocycles. The Hall–Kier alpha value is -3.14. The van der Waals surface area contributed by atoms with Gasteiger partial charge in [-0.1, -0.05) is 42.5 Å². The Morgan fingerprint density at radius 2 is 1.85 bits per heavy atom. The van der Waals surface area contributed by atoms with Gasteiger partial charge in [0.15, 0.2) is 0 Å². The zero-order chi connectivity index (χ0) is 17.8. The van der Waals surface area contributed by atoms with E-state index in [9.17, 15) is 4.79 Å². The third-order valence-corrected chi connectivity index (χ3v) is 4.73. The molecule has 130 valence electrons. The zero-order valence-corrected chi connectivity index (χ0v) is 14.6. The van der Waals surface area contributed by atoms with Crippen LogP contribution in [0.1, 0.15) is 27.2 Å². The molecule has 1 aromatic heterocycles. The first-order valence-electron chi connectivity index (χ1n) is 8.89. The van der Waals surface area contributed by atoms with Gasteiger partial charge >= 0.3 is 0 Å². The number of nitrogens with zero attached hydrogens (tertiary/aromatic N) is 2. The molecular formula is C22H21N3O. The maximum Gasteiger partial charge on any atom is 0.272 e. The molecule has 0 unspecified atom stereocenters. The van der Waals surface area contributed by atoms with Gasteiger partial charge in [-0.2, -0.15) is 0 Å². The molecule has 3 aromatic rings. The smallest absolute Gasteiger partial charge is 0.272 e. The molecule has 26 heavy (non-hydrogen) atoms. The highest BCUT2D eigenvalue weighted by Crippen LogP contribution is 2.24. The first-order valence-corrected chi connectivity index (χ1v) is 8.89. The normalized spacial score (nSPS) is 13.2. The Kier molecular flexibility index (Phi) is 4.65. The molecule has 1 N–H and O–H groups in total. The number of rotatable bonds is 4. The molecule has 4 heteroatoms. The predicted molar refractivity (Wildman–Crippen MR) is 103 cm³/mol. The van der Waals surface area contributed by atoms with E-state index in [0.29, 0.717) is 12.2 Å². The van der Waals surface area contributed by atoms with Crippen molar-refractivity contribution in [3.8, 4) is 0 Å². The van der Waals surface area contributed by atoms with E-state index in [1.807, 2.05) is 23.1 Å². The van der Waals surface area contributed by atoms with E-state index in [1.54, 1.807) is 12.3 Å². The number of anilines is 1. The molecule has 4 nitrogen and oxygen atoms in total. The fourth-order valence-electron chi connectivity index (χ4n) is 3.29. The van der Waals surface area contributed by atoms with Gasteiger partial charge in [0.25, 0.3) is 5.91 Å². The van der Waals surface area contributed by atoms with Crippen LogP contribution in [-0.2, 0) is 19.5 Å². The van der Waals surface area contributed by atoms with Crippen molar-refractivity contribution in [2.45, 2.75) is 19.5 Å². The van der Waals surface area contributed by atoms with E-state index in [-0.39, 0.29) is 5.91 Å². The summed E-state index contributed by atoms with van der Waals surface area (Å²) in [5.74, 6) is 0.00234. The second-order valence-corrected chi connectivity index (χ2v) is 6.51. The predicted octanol–water partition coefficient (Wildman–Crippen LogP) is 3.89. The van der Waals surface area contributed by atoms with Crippen LogP contribution in [0.15, 0.2) is 72.9 Å². The van der Waals surface area contributed by atoms with Gasteiger partial charge < -0.3 is 10.2 Å². The van der Waals surface area contributed by atoms with Crippen molar-refractivity contribution >= 4 is 11.6 Å². The number of pyridine rings is 1. The first-order chi connectivity index (χ1) is 12.8. The van der Waals surface area contributed by atoms with Gasteiger partial charge in [0.2, 0.25) is 0 Å². The lowest BCUT2D eigenvalue weighted by Crippen LogP contribution is -2.36. The van der Waals surface area contributed by atoms with Crippen molar-refractivity contribution < 1.29 is 4.79 Å². The number of hydrogen-bond acceptors (Lipinski definition) is 3. The molecule has 0 spiro atoms. The van der Waals surface area contributed by atoms with E-state index in [1.165, 1.54) is 16.7 Å². The lowest BCUT2D eigenvalue weighted by molar-refractivity contribution is 0.0729. The van der Waals surface area contributed by atoms with Gasteiger partial charge in [-0.15, -0.1) is 0 Å². The number of fused-ring (bicyclic) bond motifs is 1. The number of hydrogen-bond donors (Lipinski definition) is 1. The van der Waals surface area contributed by atoms with Crippen LogP contribution in [0.25, 0.3) is 0 Å². The highest BCUT2D eigenvalue weighted by atomic mass is 16.2. The SMILES string of the molecule is O=C(c1ccccn1)N1CCc2cc(NCc3ccccc3)ccc2C1. The molecule has 0 fully saturated rings. The van der Waals surface area contributed by atoms with Crippen LogP contribution in [0.4, 0.5) is 5.69 Å². The van der Waals surface area contributed by atoms with Crippen molar-refractivity contribution in [2.24, 2.45) is 0 Å². The lowest BCUT2D eigenvalue weighted by atomic mass is 9.98. The summed E-state index contributed by atoms with van der Waals surface area (Å²) >= 11 is 0. The average Bonchev–Trinajstić information content (AvgIpc) is 2.72. The molecule has 0 atom stereocenters. The van der Waals surface area contributed by atoms with Gasteiger partial charge in [0.05, 0.1) is 0 Å². The van der Waals surface area contributed by atoms with Crippen molar-refractivity contribution in [1.29, 1.82) is 0 Å². The van der Waals surface area contributed by atoms with Crippen molar-refractivity contribution in [3.63, 3.8) is 0 Å². The summed E-state index contributed by atoms with van der Waals surface area (Å²) in [6, 6.07) is 22.2. The molecule has 0 bridgehead atoms. The van der Waals surface area contributed by atoms with Crippen LogP contribution in [-0.4, -0.2) is 22.3 Å². The summed E-state index contributed by atoms with van der Waals surface area (Å²) in [6.45, 7) is 2.18. The molecule has 1 aliphatic rings. The van der Waals surface area contributed by atoms with Gasteiger partial charge in [0, 0.05) is 31.5 Å². The van der Waals surface area contributed by atoms with Crippen LogP contribution in [0.3, 0.4) is 0 Å². The summed E-state index contributed by atoms with van der Waals surface area (Å²) in [7, 11) is 0. The quantitative estimate of drug-likeness (QED) is 0.782. The summed E-state index contributed by atoms with van der Waals surface area (Å²) in [6.07, 6.45) is 2.53. The second kappa shape index (κ2) is 7.40. The van der Waals surface area contributed by atoms with Gasteiger partial charge in [-0.3, -0.25) is 9.78 Å². The fraction of sp³-hybridized carbons (Fsp3) is 0.182. The third-order valence-electron chi connectivity index (χ3n) is 4.73. The largest absolute Gasteiger partial charge is 0.381 e. The van der Waals surface area contributed by atoms with E-state index in [2.05, 4.69) is 52.8 Å². The summed E-state index contributed by atoms with van der Waals surface area (Å²) in [4.78, 5) is 18.6. The maximum atomic E-state index is 12.6. The van der Waals surface area contributed by atoms with Crippen molar-refractivity contribution in [2.75, 3.05) is 11.9 Å². The molecule has 0 saturated carbocycles. The van der Waals surface area contributed by atoms with Crippen LogP contribution < -0.4 is 5.32 Å². The molecule has 1 amide bonds. The van der Waals surface area contributed by atoms with Crippen molar-refractivity contribution in [1.82, 2.24) is 9.88 Å². The summed E-state index contributed by atoms with van der Waals surface area (Å²) in [5.41, 5.74) is 5.42. The number of carbonyl (C=O) groups is 1. The van der Waals surface area contributed by atoms with E-state index < -0.39 is 0 Å². The van der Waals surface area contributed by atoms with E-state index in [4.69, 9.17) is 0 Å². The molecule has 4 rings (SSSR count). The van der Waals surface area contributed by atoms with Crippen LogP contribution in [0.2, 0.25) is 0 Å². The molecule has 2 heterocycles. The number of amides is 1. The number of benzene rings is 2. The van der Waals surface area contributed by atoms with Gasteiger partial charge in [-0.25, -0.2) is 0 Å². The van der Waals surface area contributed by atoms with E-state index >= 15 is 0 Å². The summed E-state index contributed by atoms with van der Waals surface area (Å²) in [5, 5.41) is 3.48. The van der Waals surface area contributed by atoms with E-state index in [0.717, 1.165) is 25.2 Å². The molecule has 2 aromatic carbocycles. The Morgan fingerprint density at radius 1 is 1.00 bits per heavy atom. The minimum atomic E-state index is 0.00234. The third kappa shape index (κ3) is 3.59. The average molecular weight is 343 g/mol. The zero-order valence-electron chi connectivity index (χ0n) is 14.6. The number of carbonyl (C=O) groups excluding carboxylic acids is 1. The number of nitrogens with one attached hydrogen (secondary N) is 1. The van der Waals surface area contributed by atoms with Crippen LogP contribution in [0.5, 0.6) is 0 Å². The molecule has 1 aliphatic heterocycles. The highest BCUT2D eigenvalue weighted by molar-refractivity contribution is 5.92. The monoisotopic (exact) mass is 343 g/mol. The topological polar surface area (TPSA) is 45.2 Å². The molecule has 0 aliphatic carbocycles. The Labute approximate surface area is 153 Å². The molecular weight excluding hydrogens is 322 g/mol. The lowest BCUT2D eigenvalue weighted by Gasteiger charge is -2.29. The minimum absolute atomic E-state index is 0.00234. The van der Waals surface area contributed by atoms with Crippen molar-refractivity contribution in [3.05, 3.63) is 95.3 Å². The van der Waals surface area contributed by atoms with Crippen LogP contribution in [0, 0.1) is 0 Å². The standard InChI is InChI=1S/C22H21N3O/c26-22(21-8-4-5-12-23-21)25-13-11-18-14-20(10-9-19(18)16-25)24-15-17-6-2-1-3-7-17/h1-10,12,14,24H,11,13,15-16H2. The minimum Gasteiger partial charge on any atom is -0.381 e. The molecule has 0 radical (unpaired) electrons. The maximum absolute atomic E-state index is 12.6. The first kappa shape index (κ1) is 16.3.